The van der Waals surface area contributed by atoms with E-state index in [-0.39, 0.29) is 24.6 Å². The number of hydrogen-bond donors (Lipinski definition) is 1. The summed E-state index contributed by atoms with van der Waals surface area (Å²) in [5.74, 6) is -2.50. The van der Waals surface area contributed by atoms with E-state index < -0.39 is 12.1 Å². The van der Waals surface area contributed by atoms with Crippen LogP contribution in [0.1, 0.15) is 18.1 Å². The number of methoxy groups -OCH3 is 1. The maximum Gasteiger partial charge on any atom is 0.491 e. The molecule has 0 saturated heterocycles. The summed E-state index contributed by atoms with van der Waals surface area (Å²) in [6.45, 7) is 5.00. The molecule has 0 atom stereocenters. The molecule has 1 aromatic rings. The third kappa shape index (κ3) is 5.32. The molecule has 5 nitrogen and oxygen atoms in total. The van der Waals surface area contributed by atoms with Crippen molar-refractivity contribution in [3.8, 4) is 11.5 Å². The quantitative estimate of drug-likeness (QED) is 0.642. The molecule has 0 aliphatic heterocycles. The largest absolute Gasteiger partial charge is 0.496 e. The number of hydrogen-bond acceptors (Lipinski definition) is 4. The van der Waals surface area contributed by atoms with Crippen molar-refractivity contribution in [2.24, 2.45) is 0 Å². The number of nitrogens with one attached hydrogen (secondary N) is 1. The van der Waals surface area contributed by atoms with E-state index >= 15 is 0 Å². The highest BCUT2D eigenvalue weighted by atomic mass is 19.4. The molecule has 1 aromatic carbocycles. The van der Waals surface area contributed by atoms with Gasteiger partial charge >= 0.3 is 12.1 Å². The van der Waals surface area contributed by atoms with E-state index in [0.717, 1.165) is 0 Å². The average Bonchev–Trinajstić information content (AvgIpc) is 2.46. The number of carbonyl (C=O) groups is 2. The minimum absolute atomic E-state index is 0.161. The molecule has 0 aromatic heterocycles. The molecule has 0 fully saturated rings. The molecule has 0 heterocycles. The highest BCUT2D eigenvalue weighted by molar-refractivity contribution is 5.79. The zero-order valence-corrected chi connectivity index (χ0v) is 12.6. The number of esters is 1. The Balaban J connectivity index is 3.14. The second-order valence-electron chi connectivity index (χ2n) is 4.53. The molecule has 1 amide bonds. The van der Waals surface area contributed by atoms with Crippen LogP contribution < -0.4 is 14.8 Å². The van der Waals surface area contributed by atoms with Gasteiger partial charge in [0.05, 0.1) is 7.11 Å². The molecule has 1 N–H and O–H groups in total. The molecular weight excluding hydrogens is 315 g/mol. The van der Waals surface area contributed by atoms with Crippen LogP contribution in [0.2, 0.25) is 0 Å². The predicted molar refractivity (Wildman–Crippen MR) is 77.2 cm³/mol. The maximum atomic E-state index is 12.4. The molecule has 0 radical (unpaired) electrons. The molecular formula is C15H16F3NO4. The third-order valence-corrected chi connectivity index (χ3v) is 2.84. The van der Waals surface area contributed by atoms with E-state index in [4.69, 9.17) is 4.74 Å². The highest BCUT2D eigenvalue weighted by Crippen LogP contribution is 2.31. The summed E-state index contributed by atoms with van der Waals surface area (Å²) in [5, 5.41) is 2.51. The Kier molecular flexibility index (Phi) is 6.18. The van der Waals surface area contributed by atoms with Gasteiger partial charge in [-0.05, 0) is 18.6 Å². The minimum Gasteiger partial charge on any atom is -0.496 e. The zero-order valence-electron chi connectivity index (χ0n) is 12.6. The number of halogens is 3. The van der Waals surface area contributed by atoms with E-state index in [2.05, 4.69) is 16.6 Å². The van der Waals surface area contributed by atoms with Crippen LogP contribution in [0.5, 0.6) is 11.5 Å². The summed E-state index contributed by atoms with van der Waals surface area (Å²) in [6, 6.07) is 2.68. The van der Waals surface area contributed by atoms with Gasteiger partial charge in [0.15, 0.2) is 0 Å². The fraction of sp³-hybridized carbons (Fsp3) is 0.333. The average molecular weight is 331 g/mol. The zero-order chi connectivity index (χ0) is 17.6. The lowest BCUT2D eigenvalue weighted by Gasteiger charge is -2.15. The lowest BCUT2D eigenvalue weighted by atomic mass is 10.1. The second kappa shape index (κ2) is 7.66. The van der Waals surface area contributed by atoms with E-state index in [9.17, 15) is 22.8 Å². The lowest BCUT2D eigenvalue weighted by molar-refractivity contribution is -0.189. The minimum atomic E-state index is -5.11. The van der Waals surface area contributed by atoms with Crippen molar-refractivity contribution in [1.29, 1.82) is 0 Å². The summed E-state index contributed by atoms with van der Waals surface area (Å²) < 4.78 is 46.7. The smallest absolute Gasteiger partial charge is 0.491 e. The second-order valence-corrected chi connectivity index (χ2v) is 4.53. The van der Waals surface area contributed by atoms with Crippen molar-refractivity contribution in [3.05, 3.63) is 29.8 Å². The van der Waals surface area contributed by atoms with Crippen LogP contribution in [0.15, 0.2) is 18.7 Å². The molecule has 126 valence electrons. The summed E-state index contributed by atoms with van der Waals surface area (Å²) in [6.07, 6.45) is -3.58. The lowest BCUT2D eigenvalue weighted by Crippen LogP contribution is -2.28. The van der Waals surface area contributed by atoms with Gasteiger partial charge in [-0.25, -0.2) is 4.79 Å². The standard InChI is InChI=1S/C15H16F3NO4/c1-4-10-7-13(23-14(21)15(16,17)18)11(8-12(10)22-3)5-6-19-9(2)20/h4,7-8H,1,5-6H2,2-3H3,(H,19,20). The van der Waals surface area contributed by atoms with Gasteiger partial charge in [0.25, 0.3) is 0 Å². The Bertz CT molecular complexity index is 611. The van der Waals surface area contributed by atoms with Crippen LogP contribution in [-0.4, -0.2) is 31.7 Å². The van der Waals surface area contributed by atoms with Gasteiger partial charge in [-0.2, -0.15) is 13.2 Å². The maximum absolute atomic E-state index is 12.4. The van der Waals surface area contributed by atoms with Gasteiger partial charge in [-0.15, -0.1) is 0 Å². The molecule has 0 spiro atoms. The van der Waals surface area contributed by atoms with Gasteiger partial charge in [0.2, 0.25) is 5.91 Å². The molecule has 0 aliphatic rings. The first-order chi connectivity index (χ1) is 10.7. The number of alkyl halides is 3. The Morgan fingerprint density at radius 1 is 1.30 bits per heavy atom. The van der Waals surface area contributed by atoms with Crippen LogP contribution in [0, 0.1) is 0 Å². The molecule has 23 heavy (non-hydrogen) atoms. The Hall–Kier alpha value is -2.51. The van der Waals surface area contributed by atoms with Crippen LogP contribution >= 0.6 is 0 Å². The molecule has 0 unspecified atom stereocenters. The van der Waals surface area contributed by atoms with Crippen molar-refractivity contribution in [2.75, 3.05) is 13.7 Å². The monoisotopic (exact) mass is 331 g/mol. The number of rotatable bonds is 6. The van der Waals surface area contributed by atoms with Crippen LogP contribution in [0.3, 0.4) is 0 Å². The summed E-state index contributed by atoms with van der Waals surface area (Å²) in [4.78, 5) is 21.9. The van der Waals surface area contributed by atoms with Crippen molar-refractivity contribution >= 4 is 18.0 Å². The molecule has 0 saturated carbocycles. The van der Waals surface area contributed by atoms with Crippen LogP contribution in [0.4, 0.5) is 13.2 Å². The first-order valence-corrected chi connectivity index (χ1v) is 6.55. The van der Waals surface area contributed by atoms with Crippen LogP contribution in [-0.2, 0) is 16.0 Å². The van der Waals surface area contributed by atoms with Gasteiger partial charge in [0.1, 0.15) is 11.5 Å². The van der Waals surface area contributed by atoms with Gasteiger partial charge in [-0.3, -0.25) is 4.79 Å². The van der Waals surface area contributed by atoms with Gasteiger partial charge < -0.3 is 14.8 Å². The predicted octanol–water partition coefficient (Wildman–Crippen LogP) is 2.48. The van der Waals surface area contributed by atoms with E-state index in [1.54, 1.807) is 0 Å². The fourth-order valence-corrected chi connectivity index (χ4v) is 1.78. The Morgan fingerprint density at radius 3 is 2.43 bits per heavy atom. The van der Waals surface area contributed by atoms with Gasteiger partial charge in [0, 0.05) is 24.6 Å². The van der Waals surface area contributed by atoms with E-state index in [0.29, 0.717) is 16.9 Å². The SMILES string of the molecule is C=Cc1cc(OC(=O)C(F)(F)F)c(CCNC(C)=O)cc1OC. The summed E-state index contributed by atoms with van der Waals surface area (Å²) >= 11 is 0. The van der Waals surface area contributed by atoms with E-state index in [1.807, 2.05) is 0 Å². The first kappa shape index (κ1) is 18.5. The molecule has 8 heteroatoms. The summed E-state index contributed by atoms with van der Waals surface area (Å²) in [5.41, 5.74) is 0.666. The number of benzene rings is 1. The highest BCUT2D eigenvalue weighted by Gasteiger charge is 2.41. The van der Waals surface area contributed by atoms with Crippen molar-refractivity contribution in [3.63, 3.8) is 0 Å². The van der Waals surface area contributed by atoms with Crippen molar-refractivity contribution in [1.82, 2.24) is 5.32 Å². The molecule has 0 aliphatic carbocycles. The van der Waals surface area contributed by atoms with Crippen molar-refractivity contribution in [2.45, 2.75) is 19.5 Å². The van der Waals surface area contributed by atoms with Gasteiger partial charge in [-0.1, -0.05) is 12.7 Å². The number of carbonyl (C=O) groups excluding carboxylic acids is 2. The first-order valence-electron chi connectivity index (χ1n) is 6.55. The number of amides is 1. The number of ether oxygens (including phenoxy) is 2. The fourth-order valence-electron chi connectivity index (χ4n) is 1.78. The third-order valence-electron chi connectivity index (χ3n) is 2.84. The van der Waals surface area contributed by atoms with E-state index in [1.165, 1.54) is 32.2 Å². The van der Waals surface area contributed by atoms with Crippen LogP contribution in [0.25, 0.3) is 6.08 Å². The normalized spacial score (nSPS) is 10.8. The Morgan fingerprint density at radius 2 is 1.96 bits per heavy atom. The summed E-state index contributed by atoms with van der Waals surface area (Å²) in [7, 11) is 1.39. The Labute approximate surface area is 131 Å². The molecule has 1 rings (SSSR count). The molecule has 0 bridgehead atoms. The van der Waals surface area contributed by atoms with Crippen molar-refractivity contribution < 1.29 is 32.2 Å². The topological polar surface area (TPSA) is 64.6 Å².